The van der Waals surface area contributed by atoms with Crippen LogP contribution in [0.25, 0.3) is 10.9 Å². The number of nitrogens with zero attached hydrogens (tertiary/aromatic N) is 2. The number of carbonyl (C=O) groups is 1. The predicted molar refractivity (Wildman–Crippen MR) is 82.1 cm³/mol. The molecule has 3 rings (SSSR count). The fraction of sp³-hybridized carbons (Fsp3) is 0.0667. The Morgan fingerprint density at radius 3 is 2.71 bits per heavy atom. The summed E-state index contributed by atoms with van der Waals surface area (Å²) in [5.41, 5.74) is 1.19. The number of fused-ring (bicyclic) bond motifs is 1. The Hall–Kier alpha value is -2.60. The standard InChI is InChI=1S/C15H11N3O2S/c1-9-7-11-12(8-16-9)17-15(21)18(14(11)20)13(19)10-5-3-2-4-6-10/h2-8H,1H3,(H,17,21). The summed E-state index contributed by atoms with van der Waals surface area (Å²) in [5.74, 6) is -0.446. The molecule has 1 N–H and O–H groups in total. The number of aromatic amines is 1. The minimum Gasteiger partial charge on any atom is -0.330 e. The van der Waals surface area contributed by atoms with E-state index in [0.717, 1.165) is 4.57 Å². The minimum absolute atomic E-state index is 0.0620. The largest absolute Gasteiger partial charge is 0.330 e. The zero-order valence-electron chi connectivity index (χ0n) is 11.2. The third kappa shape index (κ3) is 2.30. The number of carbonyl (C=O) groups excluding carboxylic acids is 1. The number of H-pyrrole nitrogens is 1. The van der Waals surface area contributed by atoms with Gasteiger partial charge in [-0.3, -0.25) is 14.6 Å². The first-order valence-corrected chi connectivity index (χ1v) is 6.70. The molecular formula is C15H11N3O2S. The van der Waals surface area contributed by atoms with Crippen LogP contribution >= 0.6 is 12.2 Å². The van der Waals surface area contributed by atoms with Gasteiger partial charge in [-0.25, -0.2) is 4.57 Å². The molecule has 0 radical (unpaired) electrons. The van der Waals surface area contributed by atoms with Crippen molar-refractivity contribution >= 4 is 29.0 Å². The van der Waals surface area contributed by atoms with Crippen molar-refractivity contribution in [3.63, 3.8) is 0 Å². The number of rotatable bonds is 1. The number of benzene rings is 1. The number of aryl methyl sites for hydroxylation is 1. The Kier molecular flexibility index (Phi) is 3.23. The maximum Gasteiger partial charge on any atom is 0.269 e. The van der Waals surface area contributed by atoms with Crippen LogP contribution in [0.1, 0.15) is 16.1 Å². The molecule has 2 aromatic heterocycles. The molecule has 0 saturated heterocycles. The maximum atomic E-state index is 12.5. The lowest BCUT2D eigenvalue weighted by Crippen LogP contribution is -2.29. The predicted octanol–water partition coefficient (Wildman–Crippen LogP) is 2.45. The first-order valence-electron chi connectivity index (χ1n) is 6.29. The van der Waals surface area contributed by atoms with Gasteiger partial charge in [0.05, 0.1) is 17.1 Å². The molecule has 0 aliphatic heterocycles. The smallest absolute Gasteiger partial charge is 0.269 e. The number of aromatic nitrogens is 3. The van der Waals surface area contributed by atoms with Crippen molar-refractivity contribution in [1.82, 2.24) is 14.5 Å². The van der Waals surface area contributed by atoms with Gasteiger partial charge in [0.15, 0.2) is 4.77 Å². The molecule has 0 fully saturated rings. The van der Waals surface area contributed by atoms with Crippen molar-refractivity contribution in [2.75, 3.05) is 0 Å². The summed E-state index contributed by atoms with van der Waals surface area (Å²) in [5, 5.41) is 0.389. The van der Waals surface area contributed by atoms with Crippen LogP contribution in [-0.2, 0) is 0 Å². The molecule has 21 heavy (non-hydrogen) atoms. The van der Waals surface area contributed by atoms with E-state index in [4.69, 9.17) is 12.2 Å². The first kappa shape index (κ1) is 13.4. The second-order valence-corrected chi connectivity index (χ2v) is 5.00. The lowest BCUT2D eigenvalue weighted by Gasteiger charge is -2.07. The summed E-state index contributed by atoms with van der Waals surface area (Å²) in [6, 6.07) is 10.2. The SMILES string of the molecule is Cc1cc2c(=O)n(C(=O)c3ccccc3)c(=S)[nH]c2cn1. The van der Waals surface area contributed by atoms with Gasteiger partial charge in [0, 0.05) is 11.3 Å². The van der Waals surface area contributed by atoms with Crippen molar-refractivity contribution in [2.24, 2.45) is 0 Å². The third-order valence-corrected chi connectivity index (χ3v) is 3.43. The van der Waals surface area contributed by atoms with Crippen LogP contribution in [-0.4, -0.2) is 20.4 Å². The highest BCUT2D eigenvalue weighted by Crippen LogP contribution is 2.08. The molecule has 3 aromatic rings. The number of nitrogens with one attached hydrogen (secondary N) is 1. The average Bonchev–Trinajstić information content (AvgIpc) is 2.49. The lowest BCUT2D eigenvalue weighted by atomic mass is 10.2. The van der Waals surface area contributed by atoms with Gasteiger partial charge in [-0.15, -0.1) is 0 Å². The Bertz CT molecular complexity index is 958. The van der Waals surface area contributed by atoms with Gasteiger partial charge < -0.3 is 4.98 Å². The normalized spacial score (nSPS) is 10.7. The Labute approximate surface area is 124 Å². The molecule has 104 valence electrons. The maximum absolute atomic E-state index is 12.5. The van der Waals surface area contributed by atoms with E-state index in [1.807, 2.05) is 0 Å². The van der Waals surface area contributed by atoms with E-state index < -0.39 is 11.5 Å². The van der Waals surface area contributed by atoms with Gasteiger partial charge in [0.2, 0.25) is 0 Å². The van der Waals surface area contributed by atoms with Crippen LogP contribution in [0.4, 0.5) is 0 Å². The molecule has 1 aromatic carbocycles. The van der Waals surface area contributed by atoms with Crippen molar-refractivity contribution in [2.45, 2.75) is 6.92 Å². The molecule has 0 amide bonds. The highest BCUT2D eigenvalue weighted by atomic mass is 32.1. The molecule has 0 atom stereocenters. The molecule has 0 bridgehead atoms. The van der Waals surface area contributed by atoms with Crippen LogP contribution in [0.5, 0.6) is 0 Å². The number of hydrogen-bond donors (Lipinski definition) is 1. The van der Waals surface area contributed by atoms with E-state index in [2.05, 4.69) is 9.97 Å². The average molecular weight is 297 g/mol. The molecule has 0 unspecified atom stereocenters. The van der Waals surface area contributed by atoms with Gasteiger partial charge in [-0.05, 0) is 37.3 Å². The summed E-state index contributed by atoms with van der Waals surface area (Å²) >= 11 is 5.13. The van der Waals surface area contributed by atoms with E-state index in [-0.39, 0.29) is 4.77 Å². The van der Waals surface area contributed by atoms with Gasteiger partial charge in [0.25, 0.3) is 11.5 Å². The van der Waals surface area contributed by atoms with Crippen LogP contribution in [0.3, 0.4) is 0 Å². The molecule has 6 heteroatoms. The fourth-order valence-corrected chi connectivity index (χ4v) is 2.39. The molecule has 0 spiro atoms. The molecule has 2 heterocycles. The number of pyridine rings is 1. The zero-order chi connectivity index (χ0) is 15.0. The van der Waals surface area contributed by atoms with Gasteiger partial charge in [0.1, 0.15) is 0 Å². The quantitative estimate of drug-likeness (QED) is 0.701. The van der Waals surface area contributed by atoms with E-state index in [0.29, 0.717) is 22.2 Å². The van der Waals surface area contributed by atoms with Gasteiger partial charge >= 0.3 is 0 Å². The monoisotopic (exact) mass is 297 g/mol. The van der Waals surface area contributed by atoms with Crippen LogP contribution in [0.15, 0.2) is 47.4 Å². The van der Waals surface area contributed by atoms with Crippen LogP contribution < -0.4 is 5.56 Å². The highest BCUT2D eigenvalue weighted by Gasteiger charge is 2.14. The summed E-state index contributed by atoms with van der Waals surface area (Å²) in [6.45, 7) is 1.78. The van der Waals surface area contributed by atoms with E-state index in [1.165, 1.54) is 0 Å². The van der Waals surface area contributed by atoms with E-state index >= 15 is 0 Å². The Balaban J connectivity index is 2.31. The topological polar surface area (TPSA) is 67.8 Å². The summed E-state index contributed by atoms with van der Waals surface area (Å²) < 4.78 is 1.04. The summed E-state index contributed by atoms with van der Waals surface area (Å²) in [6.07, 6.45) is 1.54. The minimum atomic E-state index is -0.446. The van der Waals surface area contributed by atoms with E-state index in [1.54, 1.807) is 49.5 Å². The highest BCUT2D eigenvalue weighted by molar-refractivity contribution is 7.71. The van der Waals surface area contributed by atoms with Gasteiger partial charge in [-0.1, -0.05) is 18.2 Å². The molecule has 0 saturated carbocycles. The van der Waals surface area contributed by atoms with Crippen molar-refractivity contribution in [3.05, 3.63) is 69.0 Å². The second kappa shape index (κ2) is 5.06. The van der Waals surface area contributed by atoms with Crippen LogP contribution in [0, 0.1) is 11.7 Å². The third-order valence-electron chi connectivity index (χ3n) is 3.14. The molecule has 0 aliphatic rings. The number of hydrogen-bond acceptors (Lipinski definition) is 4. The molecule has 5 nitrogen and oxygen atoms in total. The second-order valence-electron chi connectivity index (χ2n) is 4.61. The zero-order valence-corrected chi connectivity index (χ0v) is 12.0. The lowest BCUT2D eigenvalue weighted by molar-refractivity contribution is 0.0953. The van der Waals surface area contributed by atoms with Crippen molar-refractivity contribution < 1.29 is 4.79 Å². The summed E-state index contributed by atoms with van der Waals surface area (Å²) in [7, 11) is 0. The Morgan fingerprint density at radius 2 is 2.00 bits per heavy atom. The van der Waals surface area contributed by atoms with Crippen molar-refractivity contribution in [1.29, 1.82) is 0 Å². The van der Waals surface area contributed by atoms with E-state index in [9.17, 15) is 9.59 Å². The molecule has 0 aliphatic carbocycles. The van der Waals surface area contributed by atoms with Crippen molar-refractivity contribution in [3.8, 4) is 0 Å². The fourth-order valence-electron chi connectivity index (χ4n) is 2.11. The van der Waals surface area contributed by atoms with Gasteiger partial charge in [-0.2, -0.15) is 0 Å². The Morgan fingerprint density at radius 1 is 1.29 bits per heavy atom. The first-order chi connectivity index (χ1) is 10.1. The van der Waals surface area contributed by atoms with Crippen LogP contribution in [0.2, 0.25) is 0 Å². The summed E-state index contributed by atoms with van der Waals surface area (Å²) in [4.78, 5) is 32.0. The molecular weight excluding hydrogens is 286 g/mol.